The van der Waals surface area contributed by atoms with E-state index in [0.29, 0.717) is 5.88 Å². The number of hydrogen-bond donors (Lipinski definition) is 1. The molecule has 0 fully saturated rings. The first-order valence-electron chi connectivity index (χ1n) is 8.14. The summed E-state index contributed by atoms with van der Waals surface area (Å²) in [7, 11) is 1.62. The standard InChI is InChI=1S/C17H24N6O/c1-17(2,3)13-10-23-11-20-22-16(23)15(21-13)18-8-7-12-5-6-14(24-4)19-9-12/h5-6,9,11,15,18H,7-8,10H2,1-4H3. The molecule has 0 spiro atoms. The highest BCUT2D eigenvalue weighted by Gasteiger charge is 2.28. The summed E-state index contributed by atoms with van der Waals surface area (Å²) in [6.45, 7) is 8.09. The molecule has 1 aliphatic rings. The van der Waals surface area contributed by atoms with E-state index in [2.05, 4.69) is 45.8 Å². The fourth-order valence-corrected chi connectivity index (χ4v) is 2.61. The second-order valence-electron chi connectivity index (χ2n) is 6.96. The molecule has 7 heteroatoms. The van der Waals surface area contributed by atoms with Crippen molar-refractivity contribution in [1.29, 1.82) is 0 Å². The van der Waals surface area contributed by atoms with Crippen LogP contribution in [-0.4, -0.2) is 39.1 Å². The Morgan fingerprint density at radius 3 is 2.83 bits per heavy atom. The number of aliphatic imine (C=N–C) groups is 1. The molecular formula is C17H24N6O. The highest BCUT2D eigenvalue weighted by Crippen LogP contribution is 2.26. The summed E-state index contributed by atoms with van der Waals surface area (Å²) in [5, 5.41) is 11.7. The summed E-state index contributed by atoms with van der Waals surface area (Å²) in [5.74, 6) is 1.50. The van der Waals surface area contributed by atoms with Gasteiger partial charge in [0.25, 0.3) is 0 Å². The Labute approximate surface area is 142 Å². The number of rotatable bonds is 5. The second kappa shape index (κ2) is 6.68. The normalized spacial score (nSPS) is 17.3. The number of nitrogens with zero attached hydrogens (tertiary/aromatic N) is 5. The van der Waals surface area contributed by atoms with Gasteiger partial charge in [-0.05, 0) is 12.0 Å². The fourth-order valence-electron chi connectivity index (χ4n) is 2.61. The van der Waals surface area contributed by atoms with Crippen molar-refractivity contribution in [3.8, 4) is 5.88 Å². The van der Waals surface area contributed by atoms with E-state index in [1.165, 1.54) is 0 Å². The molecule has 2 aromatic rings. The molecule has 24 heavy (non-hydrogen) atoms. The smallest absolute Gasteiger partial charge is 0.212 e. The molecule has 1 atom stereocenters. The molecule has 0 saturated carbocycles. The summed E-state index contributed by atoms with van der Waals surface area (Å²) in [6.07, 6.45) is 4.33. The number of pyridine rings is 1. The van der Waals surface area contributed by atoms with Crippen LogP contribution in [0.1, 0.15) is 38.3 Å². The van der Waals surface area contributed by atoms with Crippen molar-refractivity contribution in [2.24, 2.45) is 10.4 Å². The minimum Gasteiger partial charge on any atom is -0.481 e. The Balaban J connectivity index is 1.66. The average molecular weight is 328 g/mol. The molecule has 7 nitrogen and oxygen atoms in total. The van der Waals surface area contributed by atoms with Gasteiger partial charge in [0.05, 0.1) is 13.7 Å². The minimum absolute atomic E-state index is 0.0296. The maximum atomic E-state index is 5.08. The van der Waals surface area contributed by atoms with Gasteiger partial charge in [-0.3, -0.25) is 10.3 Å². The van der Waals surface area contributed by atoms with E-state index >= 15 is 0 Å². The quantitative estimate of drug-likeness (QED) is 0.908. The summed E-state index contributed by atoms with van der Waals surface area (Å²) in [4.78, 5) is 9.10. The van der Waals surface area contributed by atoms with Crippen LogP contribution in [0.2, 0.25) is 0 Å². The molecule has 0 radical (unpaired) electrons. The van der Waals surface area contributed by atoms with Crippen LogP contribution < -0.4 is 10.1 Å². The lowest BCUT2D eigenvalue weighted by Gasteiger charge is -2.29. The summed E-state index contributed by atoms with van der Waals surface area (Å²) >= 11 is 0. The van der Waals surface area contributed by atoms with Gasteiger partial charge in [0, 0.05) is 29.9 Å². The van der Waals surface area contributed by atoms with Crippen molar-refractivity contribution in [3.05, 3.63) is 36.0 Å². The van der Waals surface area contributed by atoms with Crippen LogP contribution in [0.25, 0.3) is 0 Å². The maximum absolute atomic E-state index is 5.08. The van der Waals surface area contributed by atoms with Crippen molar-refractivity contribution in [1.82, 2.24) is 25.1 Å². The Morgan fingerprint density at radius 1 is 1.33 bits per heavy atom. The zero-order valence-corrected chi connectivity index (χ0v) is 14.7. The van der Waals surface area contributed by atoms with E-state index in [0.717, 1.165) is 36.6 Å². The van der Waals surface area contributed by atoms with Crippen molar-refractivity contribution >= 4 is 5.71 Å². The number of nitrogens with one attached hydrogen (secondary N) is 1. The Morgan fingerprint density at radius 2 is 2.17 bits per heavy atom. The van der Waals surface area contributed by atoms with Crippen LogP contribution in [0.15, 0.2) is 29.6 Å². The SMILES string of the molecule is COc1ccc(CCNC2N=C(C(C)(C)C)Cn3cnnc32)cn1. The van der Waals surface area contributed by atoms with Crippen molar-refractivity contribution in [3.63, 3.8) is 0 Å². The Hall–Kier alpha value is -2.28. The lowest BCUT2D eigenvalue weighted by molar-refractivity contribution is 0.397. The predicted octanol–water partition coefficient (Wildman–Crippen LogP) is 2.01. The monoisotopic (exact) mass is 328 g/mol. The molecule has 0 bridgehead atoms. The Bertz CT molecular complexity index is 713. The van der Waals surface area contributed by atoms with Crippen LogP contribution >= 0.6 is 0 Å². The van der Waals surface area contributed by atoms with Gasteiger partial charge in [-0.15, -0.1) is 10.2 Å². The van der Waals surface area contributed by atoms with Gasteiger partial charge in [0.2, 0.25) is 5.88 Å². The third kappa shape index (κ3) is 3.62. The number of fused-ring (bicyclic) bond motifs is 1. The molecule has 0 aliphatic carbocycles. The number of ether oxygens (including phenoxy) is 1. The molecule has 3 rings (SSSR count). The molecule has 2 aromatic heterocycles. The lowest BCUT2D eigenvalue weighted by atomic mass is 9.89. The van der Waals surface area contributed by atoms with E-state index in [-0.39, 0.29) is 11.6 Å². The van der Waals surface area contributed by atoms with Crippen LogP contribution in [0, 0.1) is 5.41 Å². The van der Waals surface area contributed by atoms with E-state index in [1.807, 2.05) is 18.3 Å². The zero-order chi connectivity index (χ0) is 17.2. The zero-order valence-electron chi connectivity index (χ0n) is 14.7. The summed E-state index contributed by atoms with van der Waals surface area (Å²) in [5.41, 5.74) is 2.33. The maximum Gasteiger partial charge on any atom is 0.212 e. The van der Waals surface area contributed by atoms with Crippen LogP contribution in [0.3, 0.4) is 0 Å². The molecule has 0 amide bonds. The van der Waals surface area contributed by atoms with E-state index in [4.69, 9.17) is 9.73 Å². The molecule has 3 heterocycles. The van der Waals surface area contributed by atoms with Gasteiger partial charge < -0.3 is 9.30 Å². The third-order valence-electron chi connectivity index (χ3n) is 4.12. The molecule has 0 aromatic carbocycles. The largest absolute Gasteiger partial charge is 0.481 e. The highest BCUT2D eigenvalue weighted by molar-refractivity contribution is 5.89. The first-order valence-corrected chi connectivity index (χ1v) is 8.14. The average Bonchev–Trinajstić information content (AvgIpc) is 3.03. The highest BCUT2D eigenvalue weighted by atomic mass is 16.5. The first-order chi connectivity index (χ1) is 11.5. The van der Waals surface area contributed by atoms with Gasteiger partial charge in [-0.2, -0.15) is 0 Å². The minimum atomic E-state index is -0.151. The lowest BCUT2D eigenvalue weighted by Crippen LogP contribution is -2.35. The molecule has 128 valence electrons. The number of hydrogen-bond acceptors (Lipinski definition) is 6. The van der Waals surface area contributed by atoms with Crippen LogP contribution in [-0.2, 0) is 13.0 Å². The second-order valence-corrected chi connectivity index (χ2v) is 6.96. The summed E-state index contributed by atoms with van der Waals surface area (Å²) < 4.78 is 7.15. The molecule has 1 N–H and O–H groups in total. The van der Waals surface area contributed by atoms with Crippen LogP contribution in [0.4, 0.5) is 0 Å². The summed E-state index contributed by atoms with van der Waals surface area (Å²) in [6, 6.07) is 3.91. The van der Waals surface area contributed by atoms with Crippen molar-refractivity contribution in [2.45, 2.75) is 39.9 Å². The third-order valence-corrected chi connectivity index (χ3v) is 4.12. The van der Waals surface area contributed by atoms with E-state index < -0.39 is 0 Å². The van der Waals surface area contributed by atoms with Crippen molar-refractivity contribution < 1.29 is 4.74 Å². The van der Waals surface area contributed by atoms with Gasteiger partial charge in [0.1, 0.15) is 6.33 Å². The predicted molar refractivity (Wildman–Crippen MR) is 92.1 cm³/mol. The van der Waals surface area contributed by atoms with Gasteiger partial charge in [-0.1, -0.05) is 26.8 Å². The topological polar surface area (TPSA) is 77.2 Å². The van der Waals surface area contributed by atoms with Gasteiger partial charge >= 0.3 is 0 Å². The van der Waals surface area contributed by atoms with Crippen molar-refractivity contribution in [2.75, 3.05) is 13.7 Å². The molecular weight excluding hydrogens is 304 g/mol. The fraction of sp³-hybridized carbons (Fsp3) is 0.529. The van der Waals surface area contributed by atoms with Gasteiger partial charge in [0.15, 0.2) is 12.0 Å². The molecule has 1 aliphatic heterocycles. The number of methoxy groups -OCH3 is 1. The van der Waals surface area contributed by atoms with E-state index in [1.54, 1.807) is 13.4 Å². The van der Waals surface area contributed by atoms with Crippen LogP contribution in [0.5, 0.6) is 5.88 Å². The molecule has 1 unspecified atom stereocenters. The Kier molecular flexibility index (Phi) is 4.62. The van der Waals surface area contributed by atoms with Gasteiger partial charge in [-0.25, -0.2) is 4.98 Å². The molecule has 0 saturated heterocycles. The number of aromatic nitrogens is 4. The first kappa shape index (κ1) is 16.6. The van der Waals surface area contributed by atoms with E-state index in [9.17, 15) is 0 Å².